The number of nitrogens with zero attached hydrogens (tertiary/aromatic N) is 1. The third kappa shape index (κ3) is 2.59. The van der Waals surface area contributed by atoms with Crippen LogP contribution in [-0.4, -0.2) is 12.1 Å². The molecule has 0 saturated carbocycles. The minimum atomic E-state index is 0.727. The highest BCUT2D eigenvalue weighted by atomic mass is 35.5. The largest absolute Gasteiger partial charge is 0.481 e. The van der Waals surface area contributed by atoms with E-state index in [1.165, 1.54) is 24.0 Å². The molecular weight excluding hydrogens is 272 g/mol. The van der Waals surface area contributed by atoms with Crippen LogP contribution in [0.1, 0.15) is 24.0 Å². The molecule has 0 bridgehead atoms. The number of ether oxygens (including phenoxy) is 1. The van der Waals surface area contributed by atoms with Crippen LogP contribution in [0, 0.1) is 0 Å². The van der Waals surface area contributed by atoms with Gasteiger partial charge in [0.25, 0.3) is 0 Å². The van der Waals surface area contributed by atoms with E-state index in [1.807, 2.05) is 30.5 Å². The van der Waals surface area contributed by atoms with Crippen LogP contribution in [-0.2, 0) is 12.8 Å². The van der Waals surface area contributed by atoms with Crippen molar-refractivity contribution in [1.29, 1.82) is 0 Å². The Labute approximate surface area is 123 Å². The fourth-order valence-electron chi connectivity index (χ4n) is 2.72. The van der Waals surface area contributed by atoms with Crippen LogP contribution in [0.5, 0.6) is 5.88 Å². The fraction of sp³-hybridized carbons (Fsp3) is 0.312. The number of aromatic nitrogens is 1. The molecule has 1 aliphatic carbocycles. The Morgan fingerprint density at radius 2 is 2.00 bits per heavy atom. The molecule has 2 aromatic rings. The van der Waals surface area contributed by atoms with Crippen LogP contribution in [0.15, 0.2) is 30.5 Å². The van der Waals surface area contributed by atoms with Crippen LogP contribution in [0.25, 0.3) is 0 Å². The van der Waals surface area contributed by atoms with E-state index in [0.717, 1.165) is 35.1 Å². The molecular formula is C16H17ClN2O. The first-order valence-electron chi connectivity index (χ1n) is 6.85. The number of nitrogens with one attached hydrogen (secondary N) is 1. The number of methoxy groups -OCH3 is 1. The van der Waals surface area contributed by atoms with Crippen molar-refractivity contribution >= 4 is 23.0 Å². The molecule has 1 aromatic heterocycles. The highest BCUT2D eigenvalue weighted by molar-refractivity contribution is 6.30. The van der Waals surface area contributed by atoms with E-state index < -0.39 is 0 Å². The van der Waals surface area contributed by atoms with Gasteiger partial charge in [0.1, 0.15) is 0 Å². The molecule has 20 heavy (non-hydrogen) atoms. The van der Waals surface area contributed by atoms with E-state index in [0.29, 0.717) is 0 Å². The molecule has 0 atom stereocenters. The third-order valence-electron chi connectivity index (χ3n) is 3.66. The zero-order chi connectivity index (χ0) is 13.9. The summed E-state index contributed by atoms with van der Waals surface area (Å²) in [5.74, 6) is 0.761. The first kappa shape index (κ1) is 13.3. The summed E-state index contributed by atoms with van der Waals surface area (Å²) in [6, 6.07) is 7.73. The number of benzene rings is 1. The lowest BCUT2D eigenvalue weighted by Crippen LogP contribution is -2.09. The summed E-state index contributed by atoms with van der Waals surface area (Å²) in [7, 11) is 1.68. The Bertz CT molecular complexity index is 628. The second-order valence-corrected chi connectivity index (χ2v) is 5.42. The van der Waals surface area contributed by atoms with Crippen molar-refractivity contribution in [2.45, 2.75) is 25.7 Å². The smallest absolute Gasteiger partial charge is 0.216 e. The average molecular weight is 289 g/mol. The Morgan fingerprint density at radius 1 is 1.20 bits per heavy atom. The summed E-state index contributed by atoms with van der Waals surface area (Å²) >= 11 is 6.03. The van der Waals surface area contributed by atoms with Gasteiger partial charge in [0.05, 0.1) is 19.0 Å². The average Bonchev–Trinajstić information content (AvgIpc) is 2.48. The number of pyridine rings is 1. The summed E-state index contributed by atoms with van der Waals surface area (Å²) in [4.78, 5) is 4.41. The van der Waals surface area contributed by atoms with E-state index in [1.54, 1.807) is 7.11 Å². The van der Waals surface area contributed by atoms with E-state index in [2.05, 4.69) is 10.3 Å². The Morgan fingerprint density at radius 3 is 2.75 bits per heavy atom. The van der Waals surface area contributed by atoms with Crippen LogP contribution >= 0.6 is 11.6 Å². The molecule has 0 radical (unpaired) electrons. The molecule has 1 aliphatic rings. The molecule has 0 saturated heterocycles. The minimum absolute atomic E-state index is 0.727. The number of fused-ring (bicyclic) bond motifs is 1. The van der Waals surface area contributed by atoms with Crippen LogP contribution in [0.3, 0.4) is 0 Å². The quantitative estimate of drug-likeness (QED) is 0.911. The van der Waals surface area contributed by atoms with E-state index in [4.69, 9.17) is 16.3 Å². The maximum absolute atomic E-state index is 6.03. The molecule has 0 amide bonds. The van der Waals surface area contributed by atoms with Gasteiger partial charge in [-0.2, -0.15) is 0 Å². The van der Waals surface area contributed by atoms with Gasteiger partial charge in [-0.15, -0.1) is 0 Å². The molecule has 3 nitrogen and oxygen atoms in total. The molecule has 0 fully saturated rings. The van der Waals surface area contributed by atoms with Gasteiger partial charge in [0.15, 0.2) is 0 Å². The summed E-state index contributed by atoms with van der Waals surface area (Å²) in [6.07, 6.45) is 6.37. The van der Waals surface area contributed by atoms with Crippen molar-refractivity contribution < 1.29 is 4.74 Å². The minimum Gasteiger partial charge on any atom is -0.481 e. The molecule has 1 aromatic carbocycles. The zero-order valence-corrected chi connectivity index (χ0v) is 12.2. The molecule has 104 valence electrons. The Hall–Kier alpha value is -1.74. The zero-order valence-electron chi connectivity index (χ0n) is 11.4. The van der Waals surface area contributed by atoms with Gasteiger partial charge >= 0.3 is 0 Å². The summed E-state index contributed by atoms with van der Waals surface area (Å²) in [5.41, 5.74) is 4.61. The highest BCUT2D eigenvalue weighted by Gasteiger charge is 2.18. The van der Waals surface area contributed by atoms with E-state index in [-0.39, 0.29) is 0 Å². The number of hydrogen-bond donors (Lipinski definition) is 1. The number of anilines is 2. The summed E-state index contributed by atoms with van der Waals surface area (Å²) in [5, 5.41) is 4.15. The molecule has 1 heterocycles. The van der Waals surface area contributed by atoms with Gasteiger partial charge in [-0.05, 0) is 49.4 Å². The number of rotatable bonds is 3. The lowest BCUT2D eigenvalue weighted by Gasteiger charge is -2.21. The van der Waals surface area contributed by atoms with Crippen molar-refractivity contribution in [2.75, 3.05) is 12.4 Å². The predicted octanol–water partition coefficient (Wildman–Crippen LogP) is 4.37. The molecule has 0 spiro atoms. The maximum Gasteiger partial charge on any atom is 0.216 e. The SMILES string of the molecule is COc1ncc(Nc2cccc(Cl)c2)c2c1CCCC2. The van der Waals surface area contributed by atoms with Gasteiger partial charge in [0, 0.05) is 16.3 Å². The van der Waals surface area contributed by atoms with Gasteiger partial charge in [-0.3, -0.25) is 0 Å². The molecule has 0 unspecified atom stereocenters. The standard InChI is InChI=1S/C16H17ClN2O/c1-20-16-14-8-3-2-7-13(14)15(10-18-16)19-12-6-4-5-11(17)9-12/h4-6,9-10,19H,2-3,7-8H2,1H3. The second kappa shape index (κ2) is 5.71. The van der Waals surface area contributed by atoms with Crippen molar-refractivity contribution in [3.8, 4) is 5.88 Å². The topological polar surface area (TPSA) is 34.1 Å². The van der Waals surface area contributed by atoms with Crippen molar-refractivity contribution in [1.82, 2.24) is 4.98 Å². The number of hydrogen-bond acceptors (Lipinski definition) is 3. The third-order valence-corrected chi connectivity index (χ3v) is 3.89. The van der Waals surface area contributed by atoms with Crippen LogP contribution in [0.4, 0.5) is 11.4 Å². The first-order valence-corrected chi connectivity index (χ1v) is 7.23. The fourth-order valence-corrected chi connectivity index (χ4v) is 2.91. The second-order valence-electron chi connectivity index (χ2n) is 4.98. The highest BCUT2D eigenvalue weighted by Crippen LogP contribution is 2.34. The van der Waals surface area contributed by atoms with Crippen LogP contribution < -0.4 is 10.1 Å². The molecule has 3 rings (SSSR count). The van der Waals surface area contributed by atoms with Gasteiger partial charge < -0.3 is 10.1 Å². The van der Waals surface area contributed by atoms with Gasteiger partial charge in [0.2, 0.25) is 5.88 Å². The van der Waals surface area contributed by atoms with E-state index >= 15 is 0 Å². The number of halogens is 1. The van der Waals surface area contributed by atoms with Crippen LogP contribution in [0.2, 0.25) is 5.02 Å². The predicted molar refractivity (Wildman–Crippen MR) is 82.2 cm³/mol. The first-order chi connectivity index (χ1) is 9.78. The molecule has 4 heteroatoms. The van der Waals surface area contributed by atoms with Gasteiger partial charge in [-0.1, -0.05) is 17.7 Å². The Balaban J connectivity index is 1.97. The summed E-state index contributed by atoms with van der Waals surface area (Å²) < 4.78 is 5.38. The Kier molecular flexibility index (Phi) is 3.79. The van der Waals surface area contributed by atoms with E-state index in [9.17, 15) is 0 Å². The van der Waals surface area contributed by atoms with Crippen molar-refractivity contribution in [2.24, 2.45) is 0 Å². The molecule has 0 aliphatic heterocycles. The summed E-state index contributed by atoms with van der Waals surface area (Å²) in [6.45, 7) is 0. The lowest BCUT2D eigenvalue weighted by molar-refractivity contribution is 0.389. The van der Waals surface area contributed by atoms with Crippen molar-refractivity contribution in [3.63, 3.8) is 0 Å². The lowest BCUT2D eigenvalue weighted by atomic mass is 9.91. The monoisotopic (exact) mass is 288 g/mol. The maximum atomic E-state index is 6.03. The van der Waals surface area contributed by atoms with Crippen molar-refractivity contribution in [3.05, 3.63) is 46.6 Å². The molecule has 1 N–H and O–H groups in total. The normalized spacial score (nSPS) is 13.7. The van der Waals surface area contributed by atoms with Gasteiger partial charge in [-0.25, -0.2) is 4.98 Å².